The average Bonchev–Trinajstić information content (AvgIpc) is 2.11. The van der Waals surface area contributed by atoms with E-state index in [1.54, 1.807) is 12.3 Å². The monoisotopic (exact) mass is 159 g/mol. The Morgan fingerprint density at radius 1 is 1.50 bits per heavy atom. The molecule has 0 saturated heterocycles. The lowest BCUT2D eigenvalue weighted by Gasteiger charge is -1.95. The van der Waals surface area contributed by atoms with Gasteiger partial charge < -0.3 is 0 Å². The highest BCUT2D eigenvalue weighted by atomic mass is 32.2. The van der Waals surface area contributed by atoms with Crippen molar-refractivity contribution in [1.29, 1.82) is 0 Å². The second-order valence-corrected chi connectivity index (χ2v) is 4.17. The second-order valence-electron chi connectivity index (χ2n) is 2.28. The zero-order valence-corrected chi connectivity index (χ0v) is 6.72. The number of rotatable bonds is 1. The molecular formula is C6H9NO2S. The van der Waals surface area contributed by atoms with E-state index in [4.69, 9.17) is 0 Å². The third kappa shape index (κ3) is 1.39. The van der Waals surface area contributed by atoms with Crippen molar-refractivity contribution in [2.24, 2.45) is 0 Å². The molecule has 0 atom stereocenters. The first-order valence-electron chi connectivity index (χ1n) is 2.85. The molecule has 0 bridgehead atoms. The Labute approximate surface area is 60.3 Å². The quantitative estimate of drug-likeness (QED) is 0.602. The first kappa shape index (κ1) is 7.34. The van der Waals surface area contributed by atoms with E-state index in [0.717, 1.165) is 5.56 Å². The molecule has 0 N–H and O–H groups in total. The molecule has 1 rings (SSSR count). The minimum absolute atomic E-state index is 0.949. The fraction of sp³-hybridized carbons (Fsp3) is 0.333. The summed E-state index contributed by atoms with van der Waals surface area (Å²) in [5.74, 6) is 0. The number of aryl methyl sites for hydroxylation is 1. The SMILES string of the molecule is Cc1ccn(S(C)(=O)=O)c1. The van der Waals surface area contributed by atoms with Gasteiger partial charge in [-0.2, -0.15) is 0 Å². The van der Waals surface area contributed by atoms with Crippen molar-refractivity contribution in [2.45, 2.75) is 6.92 Å². The topological polar surface area (TPSA) is 39.1 Å². The molecule has 0 spiro atoms. The van der Waals surface area contributed by atoms with Crippen molar-refractivity contribution in [2.75, 3.05) is 6.26 Å². The molecule has 10 heavy (non-hydrogen) atoms. The number of nitrogens with zero attached hydrogens (tertiary/aromatic N) is 1. The number of hydrogen-bond donors (Lipinski definition) is 0. The highest BCUT2D eigenvalue weighted by Gasteiger charge is 2.02. The van der Waals surface area contributed by atoms with E-state index in [1.807, 2.05) is 6.92 Å². The highest BCUT2D eigenvalue weighted by Crippen LogP contribution is 2.00. The maximum atomic E-state index is 10.8. The van der Waals surface area contributed by atoms with Gasteiger partial charge in [0, 0.05) is 12.4 Å². The van der Waals surface area contributed by atoms with Crippen LogP contribution in [0.15, 0.2) is 18.5 Å². The van der Waals surface area contributed by atoms with E-state index in [-0.39, 0.29) is 0 Å². The molecule has 1 heterocycles. The van der Waals surface area contributed by atoms with Gasteiger partial charge in [0.2, 0.25) is 10.0 Å². The van der Waals surface area contributed by atoms with Gasteiger partial charge in [-0.3, -0.25) is 3.97 Å². The normalized spacial score (nSPS) is 11.8. The van der Waals surface area contributed by atoms with Crippen LogP contribution in [-0.4, -0.2) is 18.6 Å². The second kappa shape index (κ2) is 2.12. The first-order chi connectivity index (χ1) is 4.50. The number of hydrogen-bond acceptors (Lipinski definition) is 2. The van der Waals surface area contributed by atoms with Crippen LogP contribution >= 0.6 is 0 Å². The fourth-order valence-corrected chi connectivity index (χ4v) is 1.32. The summed E-state index contributed by atoms with van der Waals surface area (Å²) >= 11 is 0. The Morgan fingerprint density at radius 3 is 2.30 bits per heavy atom. The lowest BCUT2D eigenvalue weighted by Crippen LogP contribution is -2.06. The van der Waals surface area contributed by atoms with Crippen molar-refractivity contribution in [3.05, 3.63) is 24.0 Å². The summed E-state index contributed by atoms with van der Waals surface area (Å²) in [6.45, 7) is 1.85. The van der Waals surface area contributed by atoms with Gasteiger partial charge in [0.1, 0.15) is 0 Å². The number of aromatic nitrogens is 1. The van der Waals surface area contributed by atoms with E-state index in [2.05, 4.69) is 0 Å². The summed E-state index contributed by atoms with van der Waals surface area (Å²) in [6.07, 6.45) is 4.28. The zero-order valence-electron chi connectivity index (χ0n) is 5.90. The Bertz CT molecular complexity index is 323. The van der Waals surface area contributed by atoms with Crippen molar-refractivity contribution >= 4 is 10.0 Å². The summed E-state index contributed by atoms with van der Waals surface area (Å²) in [5.41, 5.74) is 0.949. The van der Waals surface area contributed by atoms with Crippen LogP contribution in [0.5, 0.6) is 0 Å². The molecule has 1 aromatic rings. The predicted octanol–water partition coefficient (Wildman–Crippen LogP) is 0.604. The van der Waals surface area contributed by atoms with Crippen molar-refractivity contribution in [3.8, 4) is 0 Å². The van der Waals surface area contributed by atoms with Crippen LogP contribution in [0.25, 0.3) is 0 Å². The zero-order chi connectivity index (χ0) is 7.78. The van der Waals surface area contributed by atoms with Crippen molar-refractivity contribution in [1.82, 2.24) is 3.97 Å². The molecule has 3 nitrogen and oxygen atoms in total. The molecule has 0 radical (unpaired) electrons. The molecule has 0 unspecified atom stereocenters. The first-order valence-corrected chi connectivity index (χ1v) is 4.70. The van der Waals surface area contributed by atoms with Gasteiger partial charge in [-0.25, -0.2) is 8.42 Å². The molecule has 0 saturated carbocycles. The summed E-state index contributed by atoms with van der Waals surface area (Å²) in [6, 6.07) is 1.75. The third-order valence-electron chi connectivity index (χ3n) is 1.20. The summed E-state index contributed by atoms with van der Waals surface area (Å²) in [5, 5.41) is 0. The average molecular weight is 159 g/mol. The molecule has 0 amide bonds. The molecule has 0 aliphatic rings. The third-order valence-corrected chi connectivity index (χ3v) is 2.19. The van der Waals surface area contributed by atoms with Crippen LogP contribution in [0, 0.1) is 6.92 Å². The van der Waals surface area contributed by atoms with Gasteiger partial charge in [0.25, 0.3) is 0 Å². The van der Waals surface area contributed by atoms with Crippen LogP contribution in [0.3, 0.4) is 0 Å². The largest absolute Gasteiger partial charge is 0.253 e. The summed E-state index contributed by atoms with van der Waals surface area (Å²) in [7, 11) is -3.07. The molecule has 0 aromatic carbocycles. The maximum absolute atomic E-state index is 10.8. The lowest BCUT2D eigenvalue weighted by atomic mass is 10.4. The summed E-state index contributed by atoms with van der Waals surface area (Å²) < 4.78 is 22.8. The van der Waals surface area contributed by atoms with Crippen molar-refractivity contribution < 1.29 is 8.42 Å². The van der Waals surface area contributed by atoms with Crippen LogP contribution in [0.1, 0.15) is 5.56 Å². The molecule has 0 aliphatic heterocycles. The van der Waals surface area contributed by atoms with Gasteiger partial charge in [0.15, 0.2) is 0 Å². The van der Waals surface area contributed by atoms with E-state index in [1.165, 1.54) is 16.4 Å². The van der Waals surface area contributed by atoms with E-state index < -0.39 is 10.0 Å². The minimum Gasteiger partial charge on any atom is -0.253 e. The Balaban J connectivity index is 3.21. The summed E-state index contributed by atoms with van der Waals surface area (Å²) in [4.78, 5) is 0. The van der Waals surface area contributed by atoms with Crippen LogP contribution in [-0.2, 0) is 10.0 Å². The molecule has 1 aromatic heterocycles. The van der Waals surface area contributed by atoms with Gasteiger partial charge in [-0.1, -0.05) is 0 Å². The highest BCUT2D eigenvalue weighted by molar-refractivity contribution is 7.89. The van der Waals surface area contributed by atoms with Crippen LogP contribution in [0.4, 0.5) is 0 Å². The lowest BCUT2D eigenvalue weighted by molar-refractivity contribution is 0.593. The predicted molar refractivity (Wildman–Crippen MR) is 39.4 cm³/mol. The molecule has 0 aliphatic carbocycles. The van der Waals surface area contributed by atoms with E-state index in [0.29, 0.717) is 0 Å². The van der Waals surface area contributed by atoms with Gasteiger partial charge >= 0.3 is 0 Å². The standard InChI is InChI=1S/C6H9NO2S/c1-6-3-4-7(5-6)10(2,8)9/h3-5H,1-2H3. The Morgan fingerprint density at radius 2 is 2.10 bits per heavy atom. The Kier molecular flexibility index (Phi) is 1.56. The van der Waals surface area contributed by atoms with Gasteiger partial charge in [-0.05, 0) is 18.6 Å². The van der Waals surface area contributed by atoms with E-state index in [9.17, 15) is 8.42 Å². The minimum atomic E-state index is -3.07. The fourth-order valence-electron chi connectivity index (χ4n) is 0.684. The molecule has 0 fully saturated rings. The van der Waals surface area contributed by atoms with Crippen LogP contribution < -0.4 is 0 Å². The van der Waals surface area contributed by atoms with E-state index >= 15 is 0 Å². The molecular weight excluding hydrogens is 150 g/mol. The van der Waals surface area contributed by atoms with Crippen molar-refractivity contribution in [3.63, 3.8) is 0 Å². The maximum Gasteiger partial charge on any atom is 0.235 e. The van der Waals surface area contributed by atoms with Gasteiger partial charge in [0.05, 0.1) is 6.26 Å². The molecule has 56 valence electrons. The smallest absolute Gasteiger partial charge is 0.235 e. The van der Waals surface area contributed by atoms with Crippen LogP contribution in [0.2, 0.25) is 0 Å². The van der Waals surface area contributed by atoms with Gasteiger partial charge in [-0.15, -0.1) is 0 Å². The molecule has 4 heteroatoms. The Hall–Kier alpha value is -0.770.